The number of aliphatic hydroxyl groups excluding tert-OH is 1. The van der Waals surface area contributed by atoms with Crippen LogP contribution >= 0.6 is 0 Å². The Hall–Kier alpha value is -1.79. The minimum Gasteiger partial charge on any atom is -0.395 e. The van der Waals surface area contributed by atoms with Gasteiger partial charge in [0.25, 0.3) is 5.91 Å². The third kappa shape index (κ3) is 4.34. The fraction of sp³-hybridized carbons (Fsp3) is 0.500. The number of aliphatic hydroxyl groups is 1. The maximum Gasteiger partial charge on any atom is 0.253 e. The first-order valence-electron chi connectivity index (χ1n) is 7.69. The van der Waals surface area contributed by atoms with Crippen molar-refractivity contribution in [2.75, 3.05) is 13.7 Å². The highest BCUT2D eigenvalue weighted by Gasteiger charge is 2.22. The van der Waals surface area contributed by atoms with Crippen molar-refractivity contribution in [3.8, 4) is 11.8 Å². The molecule has 1 aromatic carbocycles. The average Bonchev–Trinajstić information content (AvgIpc) is 2.55. The van der Waals surface area contributed by atoms with Crippen LogP contribution in [-0.4, -0.2) is 35.6 Å². The Kier molecular flexibility index (Phi) is 5.83. The predicted molar refractivity (Wildman–Crippen MR) is 84.0 cm³/mol. The molecule has 3 heteroatoms. The van der Waals surface area contributed by atoms with Crippen molar-refractivity contribution in [1.29, 1.82) is 0 Å². The van der Waals surface area contributed by atoms with Crippen LogP contribution in [0.4, 0.5) is 0 Å². The van der Waals surface area contributed by atoms with Gasteiger partial charge in [-0.2, -0.15) is 0 Å². The summed E-state index contributed by atoms with van der Waals surface area (Å²) in [6.45, 7) is 0.0791. The second-order valence-corrected chi connectivity index (χ2v) is 5.56. The molecule has 0 heterocycles. The molecule has 1 saturated carbocycles. The SMILES string of the molecule is CN(C(=O)c1ccc(C#CCCO)cc1)C1CCCCC1. The molecule has 1 aliphatic rings. The van der Waals surface area contributed by atoms with E-state index in [1.165, 1.54) is 19.3 Å². The zero-order valence-corrected chi connectivity index (χ0v) is 12.6. The van der Waals surface area contributed by atoms with Gasteiger partial charge in [-0.3, -0.25) is 4.79 Å². The van der Waals surface area contributed by atoms with Crippen molar-refractivity contribution in [2.45, 2.75) is 44.6 Å². The lowest BCUT2D eigenvalue weighted by Crippen LogP contribution is -2.38. The van der Waals surface area contributed by atoms with Gasteiger partial charge in [-0.15, -0.1) is 0 Å². The molecule has 0 unspecified atom stereocenters. The summed E-state index contributed by atoms with van der Waals surface area (Å²) in [4.78, 5) is 14.4. The first-order valence-corrected chi connectivity index (χ1v) is 7.69. The molecular weight excluding hydrogens is 262 g/mol. The third-order valence-electron chi connectivity index (χ3n) is 4.04. The summed E-state index contributed by atoms with van der Waals surface area (Å²) in [5.74, 6) is 5.94. The van der Waals surface area contributed by atoms with E-state index < -0.39 is 0 Å². The first kappa shape index (κ1) is 15.6. The fourth-order valence-corrected chi connectivity index (χ4v) is 2.75. The van der Waals surface area contributed by atoms with Crippen LogP contribution in [0.5, 0.6) is 0 Å². The van der Waals surface area contributed by atoms with Gasteiger partial charge in [0, 0.05) is 30.6 Å². The topological polar surface area (TPSA) is 40.5 Å². The van der Waals surface area contributed by atoms with Crippen LogP contribution in [0, 0.1) is 11.8 Å². The quantitative estimate of drug-likeness (QED) is 0.868. The normalized spacial score (nSPS) is 15.1. The van der Waals surface area contributed by atoms with Crippen molar-refractivity contribution in [3.63, 3.8) is 0 Å². The summed E-state index contributed by atoms with van der Waals surface area (Å²) in [7, 11) is 1.91. The average molecular weight is 285 g/mol. The standard InChI is InChI=1S/C18H23NO2/c1-19(17-8-3-2-4-9-17)18(21)16-12-10-15(11-13-16)7-5-6-14-20/h10-13,17,20H,2-4,6,8-9,14H2,1H3. The molecule has 0 radical (unpaired) electrons. The van der Waals surface area contributed by atoms with Crippen LogP contribution in [0.3, 0.4) is 0 Å². The van der Waals surface area contributed by atoms with Crippen molar-refractivity contribution < 1.29 is 9.90 Å². The second-order valence-electron chi connectivity index (χ2n) is 5.56. The molecule has 3 nitrogen and oxygen atoms in total. The third-order valence-corrected chi connectivity index (χ3v) is 4.04. The summed E-state index contributed by atoms with van der Waals surface area (Å²) in [5, 5.41) is 8.69. The van der Waals surface area contributed by atoms with Crippen LogP contribution in [-0.2, 0) is 0 Å². The molecule has 0 aliphatic heterocycles. The Morgan fingerprint density at radius 1 is 1.24 bits per heavy atom. The van der Waals surface area contributed by atoms with E-state index in [-0.39, 0.29) is 12.5 Å². The lowest BCUT2D eigenvalue weighted by Gasteiger charge is -2.31. The molecule has 0 saturated heterocycles. The van der Waals surface area contributed by atoms with E-state index in [2.05, 4.69) is 11.8 Å². The Morgan fingerprint density at radius 3 is 2.52 bits per heavy atom. The monoisotopic (exact) mass is 285 g/mol. The second kappa shape index (κ2) is 7.85. The van der Waals surface area contributed by atoms with Gasteiger partial charge in [-0.25, -0.2) is 0 Å². The molecule has 1 amide bonds. The van der Waals surface area contributed by atoms with Crippen molar-refractivity contribution in [2.24, 2.45) is 0 Å². The van der Waals surface area contributed by atoms with Gasteiger partial charge in [-0.1, -0.05) is 31.1 Å². The maximum atomic E-state index is 12.5. The van der Waals surface area contributed by atoms with Crippen molar-refractivity contribution in [1.82, 2.24) is 4.90 Å². The van der Waals surface area contributed by atoms with E-state index >= 15 is 0 Å². The zero-order chi connectivity index (χ0) is 15.1. The summed E-state index contributed by atoms with van der Waals surface area (Å²) in [6.07, 6.45) is 6.45. The lowest BCUT2D eigenvalue weighted by atomic mass is 9.94. The Morgan fingerprint density at radius 2 is 1.90 bits per heavy atom. The van der Waals surface area contributed by atoms with E-state index in [4.69, 9.17) is 5.11 Å². The van der Waals surface area contributed by atoms with Crippen molar-refractivity contribution >= 4 is 5.91 Å². The highest BCUT2D eigenvalue weighted by atomic mass is 16.2. The van der Waals surface area contributed by atoms with Crippen molar-refractivity contribution in [3.05, 3.63) is 35.4 Å². The molecular formula is C18H23NO2. The maximum absolute atomic E-state index is 12.5. The molecule has 21 heavy (non-hydrogen) atoms. The number of rotatable bonds is 3. The van der Waals surface area contributed by atoms with Gasteiger partial charge in [0.2, 0.25) is 0 Å². The minimum atomic E-state index is 0.0791. The molecule has 2 rings (SSSR count). The summed E-state index contributed by atoms with van der Waals surface area (Å²) >= 11 is 0. The number of carbonyl (C=O) groups excluding carboxylic acids is 1. The number of amides is 1. The molecule has 0 spiro atoms. The van der Waals surface area contributed by atoms with Gasteiger partial charge < -0.3 is 10.0 Å². The summed E-state index contributed by atoms with van der Waals surface area (Å²) < 4.78 is 0. The molecule has 0 aromatic heterocycles. The van der Waals surface area contributed by atoms with E-state index in [0.717, 1.165) is 24.0 Å². The summed E-state index contributed by atoms with van der Waals surface area (Å²) in [5.41, 5.74) is 1.59. The van der Waals surface area contributed by atoms with Gasteiger partial charge in [0.1, 0.15) is 0 Å². The van der Waals surface area contributed by atoms with Gasteiger partial charge in [0.15, 0.2) is 0 Å². The largest absolute Gasteiger partial charge is 0.395 e. The Bertz CT molecular complexity index is 518. The van der Waals surface area contributed by atoms with E-state index in [0.29, 0.717) is 12.5 Å². The van der Waals surface area contributed by atoms with Crippen LogP contribution in [0.1, 0.15) is 54.4 Å². The number of nitrogens with zero attached hydrogens (tertiary/aromatic N) is 1. The van der Waals surface area contributed by atoms with Crippen LogP contribution in [0.15, 0.2) is 24.3 Å². The molecule has 0 bridgehead atoms. The molecule has 1 N–H and O–H groups in total. The smallest absolute Gasteiger partial charge is 0.253 e. The first-order chi connectivity index (χ1) is 10.2. The van der Waals surface area contributed by atoms with Crippen LogP contribution in [0.2, 0.25) is 0 Å². The number of carbonyl (C=O) groups is 1. The lowest BCUT2D eigenvalue weighted by molar-refractivity contribution is 0.0696. The number of hydrogen-bond donors (Lipinski definition) is 1. The number of hydrogen-bond acceptors (Lipinski definition) is 2. The van der Waals surface area contributed by atoms with E-state index in [9.17, 15) is 4.79 Å². The van der Waals surface area contributed by atoms with Crippen LogP contribution < -0.4 is 0 Å². The van der Waals surface area contributed by atoms with Crippen LogP contribution in [0.25, 0.3) is 0 Å². The molecule has 112 valence electrons. The highest BCUT2D eigenvalue weighted by molar-refractivity contribution is 5.94. The molecule has 1 fully saturated rings. The molecule has 1 aromatic rings. The van der Waals surface area contributed by atoms with E-state index in [1.54, 1.807) is 0 Å². The summed E-state index contributed by atoms with van der Waals surface area (Å²) in [6, 6.07) is 7.80. The Labute approximate surface area is 127 Å². The predicted octanol–water partition coefficient (Wildman–Crippen LogP) is 2.83. The van der Waals surface area contributed by atoms with Gasteiger partial charge in [0.05, 0.1) is 6.61 Å². The number of benzene rings is 1. The fourth-order valence-electron chi connectivity index (χ4n) is 2.75. The van der Waals surface area contributed by atoms with Gasteiger partial charge >= 0.3 is 0 Å². The van der Waals surface area contributed by atoms with Gasteiger partial charge in [-0.05, 0) is 37.1 Å². The molecule has 1 aliphatic carbocycles. The molecule has 0 atom stereocenters. The van der Waals surface area contributed by atoms with E-state index in [1.807, 2.05) is 36.2 Å². The zero-order valence-electron chi connectivity index (χ0n) is 12.6. The minimum absolute atomic E-state index is 0.0791. The Balaban J connectivity index is 2.00. The highest BCUT2D eigenvalue weighted by Crippen LogP contribution is 2.22.